The predicted octanol–water partition coefficient (Wildman–Crippen LogP) is 2.02. The van der Waals surface area contributed by atoms with Crippen LogP contribution in [0.3, 0.4) is 0 Å². The standard InChI is InChI=1S/C15H19NO3/c1-9-7-14(19-3)10(2)6-12(9)13(17)8-16-15(18)11-4-5-11/h6-7,11H,4-5,8H2,1-3H3,(H,16,18). The minimum atomic E-state index is -0.0581. The van der Waals surface area contributed by atoms with Gasteiger partial charge in [0.25, 0.3) is 0 Å². The van der Waals surface area contributed by atoms with E-state index in [4.69, 9.17) is 4.74 Å². The van der Waals surface area contributed by atoms with Gasteiger partial charge in [-0.15, -0.1) is 0 Å². The van der Waals surface area contributed by atoms with Gasteiger partial charge in [-0.2, -0.15) is 0 Å². The zero-order chi connectivity index (χ0) is 14.0. The van der Waals surface area contributed by atoms with Crippen molar-refractivity contribution >= 4 is 11.7 Å². The van der Waals surface area contributed by atoms with E-state index in [1.807, 2.05) is 26.0 Å². The molecule has 0 radical (unpaired) electrons. The molecule has 19 heavy (non-hydrogen) atoms. The van der Waals surface area contributed by atoms with Crippen molar-refractivity contribution in [3.8, 4) is 5.75 Å². The quantitative estimate of drug-likeness (QED) is 0.825. The van der Waals surface area contributed by atoms with Crippen molar-refractivity contribution < 1.29 is 14.3 Å². The van der Waals surface area contributed by atoms with Crippen LogP contribution in [0.25, 0.3) is 0 Å². The van der Waals surface area contributed by atoms with E-state index in [2.05, 4.69) is 5.32 Å². The molecule has 1 fully saturated rings. The molecule has 0 aromatic heterocycles. The third kappa shape index (κ3) is 3.13. The number of hydrogen-bond donors (Lipinski definition) is 1. The van der Waals surface area contributed by atoms with Crippen LogP contribution in [-0.2, 0) is 4.79 Å². The molecule has 0 saturated heterocycles. The van der Waals surface area contributed by atoms with E-state index < -0.39 is 0 Å². The van der Waals surface area contributed by atoms with E-state index in [-0.39, 0.29) is 24.2 Å². The lowest BCUT2D eigenvalue weighted by Gasteiger charge is -2.11. The lowest BCUT2D eigenvalue weighted by Crippen LogP contribution is -2.30. The van der Waals surface area contributed by atoms with Gasteiger partial charge in [0.05, 0.1) is 13.7 Å². The number of methoxy groups -OCH3 is 1. The monoisotopic (exact) mass is 261 g/mol. The Hall–Kier alpha value is -1.84. The normalized spacial score (nSPS) is 14.1. The number of rotatable bonds is 5. The van der Waals surface area contributed by atoms with Crippen molar-refractivity contribution in [2.45, 2.75) is 26.7 Å². The number of hydrogen-bond acceptors (Lipinski definition) is 3. The Kier molecular flexibility index (Phi) is 3.88. The van der Waals surface area contributed by atoms with E-state index in [0.717, 1.165) is 29.7 Å². The van der Waals surface area contributed by atoms with Gasteiger partial charge in [0, 0.05) is 11.5 Å². The van der Waals surface area contributed by atoms with Crippen molar-refractivity contribution in [3.05, 3.63) is 28.8 Å². The average Bonchev–Trinajstić information content (AvgIpc) is 3.22. The number of Topliss-reactive ketones (excluding diaryl/α,β-unsaturated/α-hetero) is 1. The van der Waals surface area contributed by atoms with Crippen molar-refractivity contribution in [3.63, 3.8) is 0 Å². The zero-order valence-electron chi connectivity index (χ0n) is 11.6. The molecule has 1 saturated carbocycles. The molecule has 0 heterocycles. The molecule has 1 amide bonds. The number of ether oxygens (including phenoxy) is 1. The van der Waals surface area contributed by atoms with Crippen molar-refractivity contribution in [1.82, 2.24) is 5.32 Å². The number of amides is 1. The van der Waals surface area contributed by atoms with Crippen molar-refractivity contribution in [2.24, 2.45) is 5.92 Å². The molecule has 4 heteroatoms. The van der Waals surface area contributed by atoms with Crippen molar-refractivity contribution in [1.29, 1.82) is 0 Å². The maximum absolute atomic E-state index is 12.1. The summed E-state index contributed by atoms with van der Waals surface area (Å²) in [6, 6.07) is 3.67. The number of aryl methyl sites for hydroxylation is 2. The lowest BCUT2D eigenvalue weighted by molar-refractivity contribution is -0.122. The Bertz CT molecular complexity index is 518. The summed E-state index contributed by atoms with van der Waals surface area (Å²) in [5.41, 5.74) is 2.44. The van der Waals surface area contributed by atoms with E-state index in [9.17, 15) is 9.59 Å². The van der Waals surface area contributed by atoms with Gasteiger partial charge in [-0.1, -0.05) is 0 Å². The fraction of sp³-hybridized carbons (Fsp3) is 0.467. The van der Waals surface area contributed by atoms with E-state index in [1.165, 1.54) is 0 Å². The third-order valence-corrected chi connectivity index (χ3v) is 3.41. The summed E-state index contributed by atoms with van der Waals surface area (Å²) in [5.74, 6) is 0.844. The van der Waals surface area contributed by atoms with Gasteiger partial charge in [-0.25, -0.2) is 0 Å². The van der Waals surface area contributed by atoms with Crippen LogP contribution < -0.4 is 10.1 Å². The maximum atomic E-state index is 12.1. The number of ketones is 1. The molecular formula is C15H19NO3. The second kappa shape index (κ2) is 5.43. The number of benzene rings is 1. The van der Waals surface area contributed by atoms with Gasteiger partial charge in [-0.3, -0.25) is 9.59 Å². The number of carbonyl (C=O) groups excluding carboxylic acids is 2. The lowest BCUT2D eigenvalue weighted by atomic mass is 10.0. The Balaban J connectivity index is 2.05. The van der Waals surface area contributed by atoms with Crippen LogP contribution >= 0.6 is 0 Å². The van der Waals surface area contributed by atoms with Gasteiger partial charge in [0.2, 0.25) is 5.91 Å². The van der Waals surface area contributed by atoms with Gasteiger partial charge in [0.15, 0.2) is 5.78 Å². The van der Waals surface area contributed by atoms with Gasteiger partial charge >= 0.3 is 0 Å². The fourth-order valence-corrected chi connectivity index (χ4v) is 2.06. The van der Waals surface area contributed by atoms with Crippen LogP contribution in [0.2, 0.25) is 0 Å². The summed E-state index contributed by atoms with van der Waals surface area (Å²) in [6.45, 7) is 3.84. The molecule has 4 nitrogen and oxygen atoms in total. The zero-order valence-corrected chi connectivity index (χ0v) is 11.6. The van der Waals surface area contributed by atoms with E-state index in [1.54, 1.807) is 7.11 Å². The fourth-order valence-electron chi connectivity index (χ4n) is 2.06. The van der Waals surface area contributed by atoms with Crippen LogP contribution in [0.1, 0.15) is 34.3 Å². The highest BCUT2D eigenvalue weighted by molar-refractivity contribution is 6.01. The first kappa shape index (κ1) is 13.6. The highest BCUT2D eigenvalue weighted by atomic mass is 16.5. The molecule has 1 aromatic rings. The Morgan fingerprint density at radius 2 is 1.95 bits per heavy atom. The molecule has 1 aromatic carbocycles. The molecule has 102 valence electrons. The third-order valence-electron chi connectivity index (χ3n) is 3.41. The molecule has 0 bridgehead atoms. The van der Waals surface area contributed by atoms with Gasteiger partial charge in [-0.05, 0) is 49.9 Å². The molecule has 1 aliphatic rings. The highest BCUT2D eigenvalue weighted by Gasteiger charge is 2.29. The Morgan fingerprint density at radius 1 is 1.26 bits per heavy atom. The first-order chi connectivity index (χ1) is 9.02. The number of carbonyl (C=O) groups is 2. The summed E-state index contributed by atoms with van der Waals surface area (Å²) in [7, 11) is 1.61. The molecule has 1 N–H and O–H groups in total. The summed E-state index contributed by atoms with van der Waals surface area (Å²) < 4.78 is 5.22. The predicted molar refractivity (Wildman–Crippen MR) is 72.5 cm³/mol. The van der Waals surface area contributed by atoms with Crippen LogP contribution in [0, 0.1) is 19.8 Å². The van der Waals surface area contributed by atoms with E-state index >= 15 is 0 Å². The molecule has 0 spiro atoms. The summed E-state index contributed by atoms with van der Waals surface area (Å²) >= 11 is 0. The smallest absolute Gasteiger partial charge is 0.223 e. The highest BCUT2D eigenvalue weighted by Crippen LogP contribution is 2.28. The SMILES string of the molecule is COc1cc(C)c(C(=O)CNC(=O)C2CC2)cc1C. The van der Waals surface area contributed by atoms with Crippen LogP contribution in [0.4, 0.5) is 0 Å². The van der Waals surface area contributed by atoms with Crippen molar-refractivity contribution in [2.75, 3.05) is 13.7 Å². The summed E-state index contributed by atoms with van der Waals surface area (Å²) in [5, 5.41) is 2.70. The topological polar surface area (TPSA) is 55.4 Å². The van der Waals surface area contributed by atoms with Crippen LogP contribution in [0.5, 0.6) is 5.75 Å². The maximum Gasteiger partial charge on any atom is 0.223 e. The Morgan fingerprint density at radius 3 is 2.53 bits per heavy atom. The molecule has 0 unspecified atom stereocenters. The molecule has 0 atom stereocenters. The minimum absolute atomic E-state index is 0.00348. The summed E-state index contributed by atoms with van der Waals surface area (Å²) in [6.07, 6.45) is 1.89. The minimum Gasteiger partial charge on any atom is -0.496 e. The van der Waals surface area contributed by atoms with Crippen LogP contribution in [-0.4, -0.2) is 25.3 Å². The summed E-state index contributed by atoms with van der Waals surface area (Å²) in [4.78, 5) is 23.6. The first-order valence-corrected chi connectivity index (χ1v) is 6.49. The van der Waals surface area contributed by atoms with Gasteiger partial charge in [0.1, 0.15) is 5.75 Å². The largest absolute Gasteiger partial charge is 0.496 e. The second-order valence-electron chi connectivity index (χ2n) is 5.05. The molecular weight excluding hydrogens is 242 g/mol. The molecule has 0 aliphatic heterocycles. The average molecular weight is 261 g/mol. The van der Waals surface area contributed by atoms with Gasteiger partial charge < -0.3 is 10.1 Å². The molecule has 1 aliphatic carbocycles. The number of nitrogens with one attached hydrogen (secondary N) is 1. The Labute approximate surface area is 113 Å². The van der Waals surface area contributed by atoms with Crippen LogP contribution in [0.15, 0.2) is 12.1 Å². The second-order valence-corrected chi connectivity index (χ2v) is 5.05. The van der Waals surface area contributed by atoms with E-state index in [0.29, 0.717) is 5.56 Å². The molecule has 2 rings (SSSR count). The first-order valence-electron chi connectivity index (χ1n) is 6.49.